The Bertz CT molecular complexity index is 581. The minimum atomic E-state index is -4.49. The summed E-state index contributed by atoms with van der Waals surface area (Å²) >= 11 is 0. The lowest BCUT2D eigenvalue weighted by molar-refractivity contribution is -0.140. The fourth-order valence-electron chi connectivity index (χ4n) is 1.74. The fourth-order valence-corrected chi connectivity index (χ4v) is 1.74. The summed E-state index contributed by atoms with van der Waals surface area (Å²) in [6.45, 7) is 0. The van der Waals surface area contributed by atoms with Gasteiger partial charge in [0.15, 0.2) is 0 Å². The van der Waals surface area contributed by atoms with Gasteiger partial charge in [-0.2, -0.15) is 13.2 Å². The first-order valence-electron chi connectivity index (χ1n) is 5.20. The molecule has 0 spiro atoms. The van der Waals surface area contributed by atoms with Crippen LogP contribution in [0, 0.1) is 0 Å². The van der Waals surface area contributed by atoms with Crippen LogP contribution in [-0.2, 0) is 6.18 Å². The number of anilines is 1. The lowest BCUT2D eigenvalue weighted by Crippen LogP contribution is -2.09. The molecule has 1 N–H and O–H groups in total. The van der Waals surface area contributed by atoms with Gasteiger partial charge in [-0.15, -0.1) is 0 Å². The first-order chi connectivity index (χ1) is 8.47. The van der Waals surface area contributed by atoms with Gasteiger partial charge in [0.25, 0.3) is 0 Å². The molecule has 0 aliphatic carbocycles. The number of halogens is 3. The maximum atomic E-state index is 12.7. The van der Waals surface area contributed by atoms with Crippen LogP contribution in [-0.4, -0.2) is 19.1 Å². The molecule has 2 aromatic rings. The number of para-hydroxylation sites is 1. The van der Waals surface area contributed by atoms with Crippen LogP contribution in [0.2, 0.25) is 0 Å². The number of benzene rings is 1. The molecule has 1 heterocycles. The molecule has 18 heavy (non-hydrogen) atoms. The lowest BCUT2D eigenvalue weighted by atomic mass is 10.1. The predicted octanol–water partition coefficient (Wildman–Crippen LogP) is 3.30. The maximum absolute atomic E-state index is 12.7. The third-order valence-electron chi connectivity index (χ3n) is 2.58. The Morgan fingerprint density at radius 3 is 2.56 bits per heavy atom. The summed E-state index contributed by atoms with van der Waals surface area (Å²) in [5.41, 5.74) is -0.380. The summed E-state index contributed by atoms with van der Waals surface area (Å²) in [6.07, 6.45) is -4.49. The maximum Gasteiger partial charge on any atom is 0.433 e. The van der Waals surface area contributed by atoms with Crippen LogP contribution in [0.4, 0.5) is 18.9 Å². The van der Waals surface area contributed by atoms with Gasteiger partial charge in [0.1, 0.15) is 17.0 Å². The van der Waals surface area contributed by atoms with Crippen molar-refractivity contribution in [2.45, 2.75) is 6.18 Å². The molecule has 0 radical (unpaired) electrons. The molecule has 0 amide bonds. The number of hydrogen-bond acceptors (Lipinski definition) is 3. The van der Waals surface area contributed by atoms with Crippen LogP contribution < -0.4 is 10.1 Å². The van der Waals surface area contributed by atoms with Crippen LogP contribution in [0.25, 0.3) is 10.9 Å². The van der Waals surface area contributed by atoms with Gasteiger partial charge < -0.3 is 10.1 Å². The minimum Gasteiger partial charge on any atom is -0.494 e. The Labute approximate surface area is 102 Å². The second-order valence-corrected chi connectivity index (χ2v) is 3.66. The van der Waals surface area contributed by atoms with E-state index in [9.17, 15) is 13.2 Å². The third-order valence-corrected chi connectivity index (χ3v) is 2.58. The van der Waals surface area contributed by atoms with E-state index in [1.807, 2.05) is 0 Å². The molecule has 6 heteroatoms. The Hall–Kier alpha value is -1.98. The first-order valence-corrected chi connectivity index (χ1v) is 5.20. The van der Waals surface area contributed by atoms with E-state index in [2.05, 4.69) is 10.3 Å². The Balaban J connectivity index is 2.80. The van der Waals surface area contributed by atoms with E-state index >= 15 is 0 Å². The summed E-state index contributed by atoms with van der Waals surface area (Å²) in [4.78, 5) is 3.64. The molecule has 3 nitrogen and oxygen atoms in total. The van der Waals surface area contributed by atoms with Crippen molar-refractivity contribution >= 4 is 16.6 Å². The molecule has 0 unspecified atom stereocenters. The highest BCUT2D eigenvalue weighted by Gasteiger charge is 2.33. The van der Waals surface area contributed by atoms with E-state index in [4.69, 9.17) is 4.74 Å². The van der Waals surface area contributed by atoms with E-state index in [-0.39, 0.29) is 5.52 Å². The number of hydrogen-bond donors (Lipinski definition) is 1. The van der Waals surface area contributed by atoms with Crippen LogP contribution >= 0.6 is 0 Å². The molecule has 0 aliphatic rings. The molecule has 0 saturated heterocycles. The summed E-state index contributed by atoms with van der Waals surface area (Å²) in [6, 6.07) is 5.96. The number of nitrogens with one attached hydrogen (secondary N) is 1. The van der Waals surface area contributed by atoms with Crippen molar-refractivity contribution in [3.63, 3.8) is 0 Å². The fraction of sp³-hybridized carbons (Fsp3) is 0.250. The molecule has 2 rings (SSSR count). The number of nitrogens with zero attached hydrogens (tertiary/aromatic N) is 1. The van der Waals surface area contributed by atoms with Gasteiger partial charge in [-0.1, -0.05) is 12.1 Å². The van der Waals surface area contributed by atoms with Crippen molar-refractivity contribution in [2.24, 2.45) is 0 Å². The first kappa shape index (κ1) is 12.5. The highest BCUT2D eigenvalue weighted by atomic mass is 19.4. The number of rotatable bonds is 2. The summed E-state index contributed by atoms with van der Waals surface area (Å²) in [5, 5.41) is 3.33. The summed E-state index contributed by atoms with van der Waals surface area (Å²) in [7, 11) is 2.96. The van der Waals surface area contributed by atoms with E-state index in [1.54, 1.807) is 25.2 Å². The van der Waals surface area contributed by atoms with Crippen LogP contribution in [0.3, 0.4) is 0 Å². The molecular formula is C12H11F3N2O. The molecule has 1 aromatic heterocycles. The van der Waals surface area contributed by atoms with Crippen molar-refractivity contribution in [1.82, 2.24) is 4.98 Å². The molecular weight excluding hydrogens is 245 g/mol. The van der Waals surface area contributed by atoms with E-state index < -0.39 is 11.9 Å². The highest BCUT2D eigenvalue weighted by Crippen LogP contribution is 2.35. The molecule has 1 aromatic carbocycles. The van der Waals surface area contributed by atoms with Crippen molar-refractivity contribution in [3.8, 4) is 5.75 Å². The topological polar surface area (TPSA) is 34.2 Å². The van der Waals surface area contributed by atoms with Crippen molar-refractivity contribution in [2.75, 3.05) is 19.5 Å². The van der Waals surface area contributed by atoms with Crippen molar-refractivity contribution in [3.05, 3.63) is 30.0 Å². The zero-order valence-corrected chi connectivity index (χ0v) is 9.80. The largest absolute Gasteiger partial charge is 0.494 e. The van der Waals surface area contributed by atoms with E-state index in [1.165, 1.54) is 7.11 Å². The van der Waals surface area contributed by atoms with E-state index in [0.29, 0.717) is 16.8 Å². The average molecular weight is 256 g/mol. The average Bonchev–Trinajstić information content (AvgIpc) is 2.35. The second-order valence-electron chi connectivity index (χ2n) is 3.66. The Morgan fingerprint density at radius 2 is 2.00 bits per heavy atom. The second kappa shape index (κ2) is 4.36. The minimum absolute atomic E-state index is 0.194. The number of methoxy groups -OCH3 is 1. The zero-order chi connectivity index (χ0) is 13.3. The molecule has 0 fully saturated rings. The smallest absolute Gasteiger partial charge is 0.433 e. The van der Waals surface area contributed by atoms with Gasteiger partial charge in [-0.05, 0) is 12.1 Å². The quantitative estimate of drug-likeness (QED) is 0.895. The number of pyridine rings is 1. The Kier molecular flexibility index (Phi) is 3.02. The van der Waals surface area contributed by atoms with Crippen LogP contribution in [0.1, 0.15) is 5.69 Å². The van der Waals surface area contributed by atoms with Crippen LogP contribution in [0.5, 0.6) is 5.75 Å². The summed E-state index contributed by atoms with van der Waals surface area (Å²) in [5.74, 6) is 0.315. The van der Waals surface area contributed by atoms with Gasteiger partial charge in [0.05, 0.1) is 7.11 Å². The van der Waals surface area contributed by atoms with Gasteiger partial charge in [0.2, 0.25) is 0 Å². The third kappa shape index (κ3) is 2.05. The van der Waals surface area contributed by atoms with Gasteiger partial charge in [0, 0.05) is 18.1 Å². The van der Waals surface area contributed by atoms with Crippen molar-refractivity contribution in [1.29, 1.82) is 0 Å². The molecule has 0 saturated carbocycles. The highest BCUT2D eigenvalue weighted by molar-refractivity contribution is 5.95. The van der Waals surface area contributed by atoms with Gasteiger partial charge >= 0.3 is 6.18 Å². The van der Waals surface area contributed by atoms with Gasteiger partial charge in [-0.3, -0.25) is 0 Å². The molecule has 0 bridgehead atoms. The number of ether oxygens (including phenoxy) is 1. The van der Waals surface area contributed by atoms with Gasteiger partial charge in [-0.25, -0.2) is 4.98 Å². The lowest BCUT2D eigenvalue weighted by Gasteiger charge is -2.13. The zero-order valence-electron chi connectivity index (χ0n) is 9.80. The van der Waals surface area contributed by atoms with E-state index in [0.717, 1.165) is 6.07 Å². The molecule has 0 atom stereocenters. The Morgan fingerprint density at radius 1 is 1.28 bits per heavy atom. The summed E-state index contributed by atoms with van der Waals surface area (Å²) < 4.78 is 43.2. The van der Waals surface area contributed by atoms with Crippen LogP contribution in [0.15, 0.2) is 24.3 Å². The predicted molar refractivity (Wildman–Crippen MR) is 62.8 cm³/mol. The number of aromatic nitrogens is 1. The van der Waals surface area contributed by atoms with Crippen molar-refractivity contribution < 1.29 is 17.9 Å². The molecule has 96 valence electrons. The number of alkyl halides is 3. The monoisotopic (exact) mass is 256 g/mol. The molecule has 0 aliphatic heterocycles. The normalized spacial score (nSPS) is 11.6. The SMILES string of the molecule is CNc1cc(C(F)(F)F)nc2c(OC)cccc12. The standard InChI is InChI=1S/C12H11F3N2O/c1-16-8-6-10(12(13,14)15)17-11-7(8)4-3-5-9(11)18-2/h3-6H,1-2H3,(H,16,17). The number of fused-ring (bicyclic) bond motifs is 1.